The normalized spacial score (nSPS) is 20.1. The molecule has 0 amide bonds. The van der Waals surface area contributed by atoms with Crippen LogP contribution in [0.2, 0.25) is 4.34 Å². The smallest absolute Gasteiger partial charge is 0.0931 e. The monoisotopic (exact) mass is 299 g/mol. The molecule has 0 saturated heterocycles. The highest BCUT2D eigenvalue weighted by Crippen LogP contribution is 2.52. The molecule has 1 aromatic rings. The van der Waals surface area contributed by atoms with Crippen molar-refractivity contribution in [2.45, 2.75) is 58.9 Å². The summed E-state index contributed by atoms with van der Waals surface area (Å²) in [6.45, 7) is 7.94. The molecule has 1 N–H and O–H groups in total. The van der Waals surface area contributed by atoms with Gasteiger partial charge in [-0.15, -0.1) is 11.3 Å². The molecule has 2 rings (SSSR count). The van der Waals surface area contributed by atoms with Gasteiger partial charge >= 0.3 is 0 Å². The van der Waals surface area contributed by atoms with Crippen molar-refractivity contribution in [2.75, 3.05) is 6.54 Å². The second-order valence-corrected chi connectivity index (χ2v) is 8.05. The number of hydrogen-bond donors (Lipinski definition) is 1. The van der Waals surface area contributed by atoms with Gasteiger partial charge in [-0.2, -0.15) is 0 Å². The number of thiophene rings is 1. The largest absolute Gasteiger partial charge is 0.309 e. The van der Waals surface area contributed by atoms with Gasteiger partial charge in [-0.3, -0.25) is 0 Å². The van der Waals surface area contributed by atoms with E-state index in [9.17, 15) is 0 Å². The Bertz CT molecular complexity index is 393. The number of halogens is 1. The summed E-state index contributed by atoms with van der Waals surface area (Å²) < 4.78 is 0.913. The van der Waals surface area contributed by atoms with E-state index in [1.807, 2.05) is 6.07 Å². The summed E-state index contributed by atoms with van der Waals surface area (Å²) in [7, 11) is 0. The fourth-order valence-corrected chi connectivity index (χ4v) is 5.09. The standard InChI is InChI=1S/C16H26ClNS/c1-4-18-15(13-7-8-14(17)19-13)16(11-12(2)3)9-5-6-10-16/h7-8,12,15,18H,4-6,9-11H2,1-3H3. The molecule has 3 heteroatoms. The molecule has 1 fully saturated rings. The van der Waals surface area contributed by atoms with E-state index in [-0.39, 0.29) is 0 Å². The van der Waals surface area contributed by atoms with E-state index in [2.05, 4.69) is 32.2 Å². The number of rotatable bonds is 6. The van der Waals surface area contributed by atoms with Crippen LogP contribution in [0, 0.1) is 11.3 Å². The fourth-order valence-electron chi connectivity index (χ4n) is 3.81. The Morgan fingerprint density at radius 3 is 2.47 bits per heavy atom. The van der Waals surface area contributed by atoms with Gasteiger partial charge in [-0.05, 0) is 49.3 Å². The number of nitrogens with one attached hydrogen (secondary N) is 1. The first-order valence-corrected chi connectivity index (χ1v) is 8.75. The van der Waals surface area contributed by atoms with Crippen molar-refractivity contribution < 1.29 is 0 Å². The van der Waals surface area contributed by atoms with Crippen molar-refractivity contribution in [3.63, 3.8) is 0 Å². The van der Waals surface area contributed by atoms with Crippen LogP contribution >= 0.6 is 22.9 Å². The van der Waals surface area contributed by atoms with Crippen LogP contribution in [0.4, 0.5) is 0 Å². The number of hydrogen-bond acceptors (Lipinski definition) is 2. The first kappa shape index (κ1) is 15.3. The Morgan fingerprint density at radius 1 is 1.32 bits per heavy atom. The molecule has 0 radical (unpaired) electrons. The van der Waals surface area contributed by atoms with Crippen molar-refractivity contribution in [3.8, 4) is 0 Å². The predicted molar refractivity (Wildman–Crippen MR) is 86.1 cm³/mol. The summed E-state index contributed by atoms with van der Waals surface area (Å²) in [5.41, 5.74) is 0.443. The molecule has 1 heterocycles. The summed E-state index contributed by atoms with van der Waals surface area (Å²) in [5, 5.41) is 3.75. The van der Waals surface area contributed by atoms with Gasteiger partial charge in [0.25, 0.3) is 0 Å². The Balaban J connectivity index is 2.28. The maximum Gasteiger partial charge on any atom is 0.0931 e. The van der Waals surface area contributed by atoms with Gasteiger partial charge in [0.05, 0.1) is 4.34 Å². The quantitative estimate of drug-likeness (QED) is 0.715. The van der Waals surface area contributed by atoms with Gasteiger partial charge in [0, 0.05) is 10.9 Å². The van der Waals surface area contributed by atoms with E-state index in [0.717, 1.165) is 16.8 Å². The molecular weight excluding hydrogens is 274 g/mol. The Morgan fingerprint density at radius 2 is 2.00 bits per heavy atom. The van der Waals surface area contributed by atoms with Crippen LogP contribution in [0.3, 0.4) is 0 Å². The third kappa shape index (κ3) is 3.53. The Hall–Kier alpha value is -0.0500. The molecule has 0 aromatic carbocycles. The van der Waals surface area contributed by atoms with Gasteiger partial charge in [-0.25, -0.2) is 0 Å². The molecule has 1 saturated carbocycles. The van der Waals surface area contributed by atoms with Crippen molar-refractivity contribution in [1.82, 2.24) is 5.32 Å². The van der Waals surface area contributed by atoms with Crippen molar-refractivity contribution in [2.24, 2.45) is 11.3 Å². The van der Waals surface area contributed by atoms with Crippen LogP contribution in [0.15, 0.2) is 12.1 Å². The molecule has 1 aliphatic rings. The zero-order chi connectivity index (χ0) is 13.9. The Labute approximate surface area is 126 Å². The van der Waals surface area contributed by atoms with Gasteiger partial charge in [0.2, 0.25) is 0 Å². The first-order chi connectivity index (χ1) is 9.07. The zero-order valence-corrected chi connectivity index (χ0v) is 13.9. The van der Waals surface area contributed by atoms with Crippen LogP contribution in [-0.4, -0.2) is 6.54 Å². The molecule has 19 heavy (non-hydrogen) atoms. The van der Waals surface area contributed by atoms with Gasteiger partial charge in [0.1, 0.15) is 0 Å². The molecule has 1 atom stereocenters. The molecule has 0 spiro atoms. The van der Waals surface area contributed by atoms with Crippen LogP contribution in [-0.2, 0) is 0 Å². The average molecular weight is 300 g/mol. The van der Waals surface area contributed by atoms with Gasteiger partial charge in [-0.1, -0.05) is 45.2 Å². The molecule has 0 aliphatic heterocycles. The van der Waals surface area contributed by atoms with Crippen LogP contribution < -0.4 is 5.32 Å². The molecule has 1 aliphatic carbocycles. The molecule has 0 bridgehead atoms. The van der Waals surface area contributed by atoms with E-state index in [0.29, 0.717) is 11.5 Å². The van der Waals surface area contributed by atoms with E-state index in [4.69, 9.17) is 11.6 Å². The highest BCUT2D eigenvalue weighted by Gasteiger charge is 2.42. The molecule has 1 unspecified atom stereocenters. The minimum Gasteiger partial charge on any atom is -0.309 e. The first-order valence-electron chi connectivity index (χ1n) is 7.56. The van der Waals surface area contributed by atoms with Crippen molar-refractivity contribution in [1.29, 1.82) is 0 Å². The lowest BCUT2D eigenvalue weighted by atomic mass is 9.72. The molecule has 1 nitrogen and oxygen atoms in total. The van der Waals surface area contributed by atoms with Crippen LogP contribution in [0.1, 0.15) is 63.8 Å². The summed E-state index contributed by atoms with van der Waals surface area (Å²) >= 11 is 7.90. The molecule has 108 valence electrons. The molecular formula is C16H26ClNS. The van der Waals surface area contributed by atoms with E-state index in [1.54, 1.807) is 11.3 Å². The average Bonchev–Trinajstić information content (AvgIpc) is 2.95. The molecule has 1 aromatic heterocycles. The Kier molecular flexibility index (Phi) is 5.33. The zero-order valence-electron chi connectivity index (χ0n) is 12.3. The second kappa shape index (κ2) is 6.60. The summed E-state index contributed by atoms with van der Waals surface area (Å²) in [6, 6.07) is 4.75. The maximum atomic E-state index is 6.15. The van der Waals surface area contributed by atoms with Gasteiger partial charge < -0.3 is 5.32 Å². The summed E-state index contributed by atoms with van der Waals surface area (Å²) in [5.74, 6) is 0.759. The lowest BCUT2D eigenvalue weighted by molar-refractivity contribution is 0.159. The third-order valence-corrected chi connectivity index (χ3v) is 5.61. The van der Waals surface area contributed by atoms with Crippen molar-refractivity contribution in [3.05, 3.63) is 21.3 Å². The minimum atomic E-state index is 0.443. The van der Waals surface area contributed by atoms with Crippen LogP contribution in [0.25, 0.3) is 0 Å². The second-order valence-electron chi connectivity index (χ2n) is 6.30. The lowest BCUT2D eigenvalue weighted by Gasteiger charge is -2.39. The topological polar surface area (TPSA) is 12.0 Å². The summed E-state index contributed by atoms with van der Waals surface area (Å²) in [4.78, 5) is 1.43. The predicted octanol–water partition coefficient (Wildman–Crippen LogP) is 5.66. The van der Waals surface area contributed by atoms with Gasteiger partial charge in [0.15, 0.2) is 0 Å². The summed E-state index contributed by atoms with van der Waals surface area (Å²) in [6.07, 6.45) is 6.80. The highest BCUT2D eigenvalue weighted by atomic mass is 35.5. The van der Waals surface area contributed by atoms with E-state index >= 15 is 0 Å². The van der Waals surface area contributed by atoms with E-state index < -0.39 is 0 Å². The minimum absolute atomic E-state index is 0.443. The fraction of sp³-hybridized carbons (Fsp3) is 0.750. The highest BCUT2D eigenvalue weighted by molar-refractivity contribution is 7.16. The van der Waals surface area contributed by atoms with E-state index in [1.165, 1.54) is 37.0 Å². The third-order valence-electron chi connectivity index (χ3n) is 4.31. The maximum absolute atomic E-state index is 6.15. The SMILES string of the molecule is CCNC(c1ccc(Cl)s1)C1(CC(C)C)CCCC1. The van der Waals surface area contributed by atoms with Crippen LogP contribution in [0.5, 0.6) is 0 Å². The lowest BCUT2D eigenvalue weighted by Crippen LogP contribution is -2.37. The van der Waals surface area contributed by atoms with Crippen molar-refractivity contribution >= 4 is 22.9 Å².